The molecule has 0 bridgehead atoms. The van der Waals surface area contributed by atoms with E-state index in [0.717, 1.165) is 36.1 Å². The van der Waals surface area contributed by atoms with Gasteiger partial charge in [-0.25, -0.2) is 5.01 Å². The zero-order valence-electron chi connectivity index (χ0n) is 16.4. The van der Waals surface area contributed by atoms with Crippen LogP contribution in [0.25, 0.3) is 6.08 Å². The molecule has 2 aliphatic rings. The molecule has 1 aliphatic heterocycles. The summed E-state index contributed by atoms with van der Waals surface area (Å²) in [5.74, 6) is -0.0396. The summed E-state index contributed by atoms with van der Waals surface area (Å²) in [4.78, 5) is 21.5. The second-order valence-corrected chi connectivity index (χ2v) is 7.90. The molecule has 158 valence electrons. The molecule has 0 amide bonds. The van der Waals surface area contributed by atoms with Crippen LogP contribution in [0.5, 0.6) is 0 Å². The van der Waals surface area contributed by atoms with Gasteiger partial charge in [-0.05, 0) is 54.3 Å². The van der Waals surface area contributed by atoms with Crippen LogP contribution in [0.15, 0.2) is 59.2 Å². The Morgan fingerprint density at radius 3 is 2.48 bits per heavy atom. The molecule has 1 fully saturated rings. The third-order valence-corrected chi connectivity index (χ3v) is 5.76. The van der Waals surface area contributed by atoms with Crippen LogP contribution < -0.4 is 5.73 Å². The van der Waals surface area contributed by atoms with Crippen molar-refractivity contribution in [2.45, 2.75) is 25.3 Å². The first-order valence-electron chi connectivity index (χ1n) is 9.72. The third-order valence-electron chi connectivity index (χ3n) is 5.57. The number of nitrogens with zero attached hydrogens (tertiary/aromatic N) is 4. The highest BCUT2D eigenvalue weighted by Gasteiger charge is 2.42. The highest BCUT2D eigenvalue weighted by molar-refractivity contribution is 7.80. The Balaban J connectivity index is 1.74. The Kier molecular flexibility index (Phi) is 5.47. The normalized spacial score (nSPS) is 21.5. The number of allylic oxidation sites excluding steroid dienone is 1. The van der Waals surface area contributed by atoms with E-state index >= 15 is 0 Å². The molecule has 0 radical (unpaired) electrons. The van der Waals surface area contributed by atoms with Crippen molar-refractivity contribution in [2.24, 2.45) is 16.8 Å². The van der Waals surface area contributed by atoms with Crippen LogP contribution in [0.3, 0.4) is 0 Å². The van der Waals surface area contributed by atoms with Gasteiger partial charge >= 0.3 is 0 Å². The number of nitro groups is 2. The van der Waals surface area contributed by atoms with Gasteiger partial charge in [0.05, 0.1) is 21.6 Å². The van der Waals surface area contributed by atoms with Gasteiger partial charge in [0, 0.05) is 30.2 Å². The van der Waals surface area contributed by atoms with E-state index in [-0.39, 0.29) is 28.4 Å². The number of nitrogens with two attached hydrogens (primary N) is 1. The van der Waals surface area contributed by atoms with Gasteiger partial charge in [-0.3, -0.25) is 20.2 Å². The average molecular weight is 437 g/mol. The fourth-order valence-electron chi connectivity index (χ4n) is 4.27. The highest BCUT2D eigenvalue weighted by atomic mass is 32.1. The first kappa shape index (κ1) is 20.6. The maximum Gasteiger partial charge on any atom is 0.270 e. The summed E-state index contributed by atoms with van der Waals surface area (Å²) < 4.78 is 0. The Labute approximate surface area is 183 Å². The van der Waals surface area contributed by atoms with E-state index in [0.29, 0.717) is 5.56 Å². The number of fused-ring (bicyclic) bond motifs is 1. The van der Waals surface area contributed by atoms with Crippen molar-refractivity contribution in [3.8, 4) is 0 Å². The quantitative estimate of drug-likeness (QED) is 0.428. The van der Waals surface area contributed by atoms with Gasteiger partial charge in [0.1, 0.15) is 0 Å². The summed E-state index contributed by atoms with van der Waals surface area (Å²) in [6, 6.07) is 12.5. The van der Waals surface area contributed by atoms with Gasteiger partial charge in [0.2, 0.25) is 0 Å². The monoisotopic (exact) mass is 437 g/mol. The predicted octanol–water partition coefficient (Wildman–Crippen LogP) is 4.34. The first-order valence-corrected chi connectivity index (χ1v) is 10.1. The maximum absolute atomic E-state index is 11.3. The Hall–Kier alpha value is -3.66. The third kappa shape index (κ3) is 4.02. The van der Waals surface area contributed by atoms with Crippen molar-refractivity contribution in [1.29, 1.82) is 0 Å². The number of thiocarbonyl (C=S) groups is 1. The smallest absolute Gasteiger partial charge is 0.270 e. The minimum atomic E-state index is -0.431. The van der Waals surface area contributed by atoms with E-state index in [4.69, 9.17) is 18.0 Å². The van der Waals surface area contributed by atoms with Crippen LogP contribution >= 0.6 is 12.2 Å². The molecule has 0 saturated heterocycles. The van der Waals surface area contributed by atoms with E-state index < -0.39 is 9.85 Å². The minimum absolute atomic E-state index is 0.00277. The van der Waals surface area contributed by atoms with Crippen molar-refractivity contribution in [1.82, 2.24) is 5.01 Å². The summed E-state index contributed by atoms with van der Waals surface area (Å²) in [6.45, 7) is 0. The number of hydrogen-bond acceptors (Lipinski definition) is 6. The molecule has 1 aliphatic carbocycles. The Bertz CT molecular complexity index is 1150. The topological polar surface area (TPSA) is 128 Å². The molecule has 9 nitrogen and oxygen atoms in total. The van der Waals surface area contributed by atoms with E-state index in [1.165, 1.54) is 24.3 Å². The lowest BCUT2D eigenvalue weighted by molar-refractivity contribution is -0.385. The van der Waals surface area contributed by atoms with Crippen molar-refractivity contribution >= 4 is 40.5 Å². The van der Waals surface area contributed by atoms with Crippen LogP contribution in [0, 0.1) is 26.1 Å². The molecule has 4 rings (SSSR count). The van der Waals surface area contributed by atoms with Gasteiger partial charge < -0.3 is 5.73 Å². The van der Waals surface area contributed by atoms with Crippen LogP contribution in [0.2, 0.25) is 0 Å². The molecule has 1 saturated carbocycles. The lowest BCUT2D eigenvalue weighted by atomic mass is 9.77. The van der Waals surface area contributed by atoms with E-state index in [2.05, 4.69) is 5.10 Å². The van der Waals surface area contributed by atoms with Crippen LogP contribution in [0.1, 0.15) is 36.4 Å². The Morgan fingerprint density at radius 2 is 1.81 bits per heavy atom. The molecule has 0 spiro atoms. The van der Waals surface area contributed by atoms with Crippen LogP contribution in [-0.2, 0) is 0 Å². The van der Waals surface area contributed by atoms with Gasteiger partial charge in [-0.2, -0.15) is 5.10 Å². The molecule has 0 aromatic heterocycles. The SMILES string of the molecule is NC(=S)N1N=C2/C(=C\c3cccc([N+](=O)[O-])c3)CCC[C@@H]2[C@@H]1c1cccc([N+](=O)[O-])c1. The van der Waals surface area contributed by atoms with Gasteiger partial charge in [-0.15, -0.1) is 0 Å². The van der Waals surface area contributed by atoms with Crippen molar-refractivity contribution in [3.63, 3.8) is 0 Å². The average Bonchev–Trinajstić information content (AvgIpc) is 3.15. The van der Waals surface area contributed by atoms with Gasteiger partial charge in [0.25, 0.3) is 11.4 Å². The maximum atomic E-state index is 11.3. The van der Waals surface area contributed by atoms with Crippen molar-refractivity contribution < 1.29 is 9.85 Å². The molecule has 2 aromatic rings. The van der Waals surface area contributed by atoms with E-state index in [1.54, 1.807) is 17.1 Å². The number of hydrogen-bond donors (Lipinski definition) is 1. The fraction of sp³-hybridized carbons (Fsp3) is 0.238. The fourth-order valence-corrected chi connectivity index (χ4v) is 4.42. The zero-order valence-corrected chi connectivity index (χ0v) is 17.2. The minimum Gasteiger partial charge on any atom is -0.375 e. The van der Waals surface area contributed by atoms with Crippen molar-refractivity contribution in [3.05, 3.63) is 85.5 Å². The second kappa shape index (κ2) is 8.23. The summed E-state index contributed by atoms with van der Waals surface area (Å²) >= 11 is 5.22. The predicted molar refractivity (Wildman–Crippen MR) is 120 cm³/mol. The lowest BCUT2D eigenvalue weighted by Crippen LogP contribution is -2.35. The number of nitro benzene ring substituents is 2. The number of benzene rings is 2. The van der Waals surface area contributed by atoms with Crippen molar-refractivity contribution in [2.75, 3.05) is 0 Å². The van der Waals surface area contributed by atoms with Gasteiger partial charge in [-0.1, -0.05) is 24.3 Å². The molecule has 1 heterocycles. The van der Waals surface area contributed by atoms with E-state index in [9.17, 15) is 20.2 Å². The summed E-state index contributed by atoms with van der Waals surface area (Å²) in [5, 5.41) is 28.7. The zero-order chi connectivity index (χ0) is 22.1. The molecule has 10 heteroatoms. The molecule has 31 heavy (non-hydrogen) atoms. The summed E-state index contributed by atoms with van der Waals surface area (Å²) in [6.07, 6.45) is 4.40. The van der Waals surface area contributed by atoms with E-state index in [1.807, 2.05) is 18.2 Å². The molecular formula is C21H19N5O4S. The Morgan fingerprint density at radius 1 is 1.13 bits per heavy atom. The van der Waals surface area contributed by atoms with Crippen LogP contribution in [-0.4, -0.2) is 25.7 Å². The summed E-state index contributed by atoms with van der Waals surface area (Å²) in [7, 11) is 0. The highest BCUT2D eigenvalue weighted by Crippen LogP contribution is 2.44. The molecule has 0 unspecified atom stereocenters. The molecule has 2 N–H and O–H groups in total. The number of hydrazone groups is 1. The number of non-ortho nitro benzene ring substituents is 2. The number of rotatable bonds is 4. The van der Waals surface area contributed by atoms with Crippen LogP contribution in [0.4, 0.5) is 11.4 Å². The molecular weight excluding hydrogens is 418 g/mol. The molecule has 2 atom stereocenters. The second-order valence-electron chi connectivity index (χ2n) is 7.49. The lowest BCUT2D eigenvalue weighted by Gasteiger charge is -2.29. The largest absolute Gasteiger partial charge is 0.375 e. The molecule has 2 aromatic carbocycles. The standard InChI is InChI=1S/C21H19N5O4S/c22-21(31)24-20(15-6-2-8-17(12-15)26(29)30)18-9-3-5-14(19(18)23-24)10-13-4-1-7-16(11-13)25(27)28/h1-2,4,6-8,10-12,18,20H,3,5,9H2,(H2,22,31)/b14-10-/t18-,20-/m0/s1. The van der Waals surface area contributed by atoms with Gasteiger partial charge in [0.15, 0.2) is 5.11 Å². The summed E-state index contributed by atoms with van der Waals surface area (Å²) in [5.41, 5.74) is 9.20. The first-order chi connectivity index (χ1) is 14.8.